The number of Topliss-reactive ketones (excluding diaryl/α,β-unsaturated/α-hetero) is 4. The molecule has 5 rings (SSSR count). The predicted molar refractivity (Wildman–Crippen MR) is 133 cm³/mol. The maximum Gasteiger partial charge on any atom is 0.203 e. The molecule has 2 aliphatic carbocycles. The molecule has 1 fully saturated rings. The highest BCUT2D eigenvalue weighted by Crippen LogP contribution is 2.50. The first-order valence-electron chi connectivity index (χ1n) is 12.5. The minimum atomic E-state index is -2.22. The minimum Gasteiger partial charge on any atom is -0.507 e. The largest absolute Gasteiger partial charge is 0.507 e. The monoisotopic (exact) mass is 540 g/mol. The van der Waals surface area contributed by atoms with Gasteiger partial charge in [0.15, 0.2) is 29.2 Å². The van der Waals surface area contributed by atoms with Crippen LogP contribution in [0.1, 0.15) is 36.2 Å². The maximum atomic E-state index is 14.4. The zero-order valence-electron chi connectivity index (χ0n) is 21.2. The van der Waals surface area contributed by atoms with Crippen LogP contribution in [0.3, 0.4) is 0 Å². The van der Waals surface area contributed by atoms with Crippen LogP contribution in [-0.2, 0) is 30.3 Å². The molecule has 5 N–H and O–H groups in total. The lowest BCUT2D eigenvalue weighted by atomic mass is 9.63. The van der Waals surface area contributed by atoms with Crippen LogP contribution >= 0.6 is 0 Å². The number of ether oxygens (including phenoxy) is 2. The van der Waals surface area contributed by atoms with Crippen LogP contribution < -0.4 is 0 Å². The Balaban J connectivity index is 1.74. The highest BCUT2D eigenvalue weighted by Gasteiger charge is 2.60. The number of fused-ring (bicyclic) bond motifs is 3. The molecule has 0 bridgehead atoms. The van der Waals surface area contributed by atoms with Crippen LogP contribution in [0, 0.1) is 11.8 Å². The number of ketones is 4. The number of hydrogen-bond donors (Lipinski definition) is 5. The topological polar surface area (TPSA) is 188 Å². The molecular formula is C28H28O11. The molecule has 2 aromatic rings. The van der Waals surface area contributed by atoms with Crippen LogP contribution in [0.25, 0.3) is 10.8 Å². The summed E-state index contributed by atoms with van der Waals surface area (Å²) < 4.78 is 11.9. The summed E-state index contributed by atoms with van der Waals surface area (Å²) in [5.41, 5.74) is -2.46. The summed E-state index contributed by atoms with van der Waals surface area (Å²) in [5, 5.41) is 53.5. The van der Waals surface area contributed by atoms with Crippen molar-refractivity contribution >= 4 is 33.9 Å². The van der Waals surface area contributed by atoms with Crippen molar-refractivity contribution in [3.05, 3.63) is 47.0 Å². The Morgan fingerprint density at radius 1 is 1.15 bits per heavy atom. The molecular weight excluding hydrogens is 512 g/mol. The van der Waals surface area contributed by atoms with Gasteiger partial charge in [-0.2, -0.15) is 0 Å². The average Bonchev–Trinajstić information content (AvgIpc) is 2.88. The Morgan fingerprint density at radius 3 is 2.54 bits per heavy atom. The van der Waals surface area contributed by atoms with E-state index >= 15 is 0 Å². The molecule has 7 atom stereocenters. The normalized spacial score (nSPS) is 32.4. The van der Waals surface area contributed by atoms with Crippen molar-refractivity contribution in [1.29, 1.82) is 0 Å². The number of carbonyl (C=O) groups excluding carboxylic acids is 4. The number of aromatic hydroxyl groups is 2. The molecule has 0 saturated carbocycles. The van der Waals surface area contributed by atoms with Crippen molar-refractivity contribution in [1.82, 2.24) is 0 Å². The van der Waals surface area contributed by atoms with Gasteiger partial charge in [0.2, 0.25) is 5.78 Å². The van der Waals surface area contributed by atoms with Crippen LogP contribution in [-0.4, -0.2) is 85.5 Å². The van der Waals surface area contributed by atoms with Crippen LogP contribution in [0.4, 0.5) is 0 Å². The highest BCUT2D eigenvalue weighted by molar-refractivity contribution is 6.14. The second-order valence-electron chi connectivity index (χ2n) is 10.3. The summed E-state index contributed by atoms with van der Waals surface area (Å²) in [6.45, 7) is 1.64. The first-order chi connectivity index (χ1) is 18.4. The number of phenolic OH excluding ortho intramolecular Hbond substituents is 2. The zero-order chi connectivity index (χ0) is 28.4. The van der Waals surface area contributed by atoms with Gasteiger partial charge >= 0.3 is 0 Å². The van der Waals surface area contributed by atoms with Gasteiger partial charge in [-0.3, -0.25) is 19.2 Å². The first kappa shape index (κ1) is 27.1. The molecule has 1 saturated heterocycles. The fourth-order valence-electron chi connectivity index (χ4n) is 5.93. The van der Waals surface area contributed by atoms with Crippen molar-refractivity contribution in [2.45, 2.75) is 56.9 Å². The Hall–Kier alpha value is -3.48. The van der Waals surface area contributed by atoms with Crippen LogP contribution in [0.15, 0.2) is 35.9 Å². The van der Waals surface area contributed by atoms with E-state index in [9.17, 15) is 44.7 Å². The van der Waals surface area contributed by atoms with E-state index in [1.54, 1.807) is 18.2 Å². The van der Waals surface area contributed by atoms with Crippen molar-refractivity contribution in [2.75, 3.05) is 6.61 Å². The molecule has 0 radical (unpaired) electrons. The molecule has 39 heavy (non-hydrogen) atoms. The second-order valence-corrected chi connectivity index (χ2v) is 10.3. The van der Waals surface area contributed by atoms with Crippen LogP contribution in [0.2, 0.25) is 0 Å². The standard InChI is InChI=1S/C28H28O11/c1-11(30)16-9-28(39-27-15(20(33)10-29)8-19(32)12(2)38-27)17(24(35)23(16)34)7-14-6-13-4-3-5-18(31)21(13)25(36)22(14)26(28)37/h3-6,9,12,15,17,23-24,27,29,31,34-36H,7-8,10H2,1-2H3/t12-,15-,17-,23-,24+,27-,28+/m0/s1. The van der Waals surface area contributed by atoms with E-state index in [0.29, 0.717) is 10.9 Å². The average molecular weight is 541 g/mol. The van der Waals surface area contributed by atoms with Crippen molar-refractivity contribution in [3.63, 3.8) is 0 Å². The number of aliphatic hydroxyl groups is 3. The van der Waals surface area contributed by atoms with Gasteiger partial charge in [-0.25, -0.2) is 0 Å². The number of rotatable bonds is 5. The smallest absolute Gasteiger partial charge is 0.203 e. The summed E-state index contributed by atoms with van der Waals surface area (Å²) in [4.78, 5) is 51.7. The van der Waals surface area contributed by atoms with E-state index in [1.807, 2.05) is 0 Å². The van der Waals surface area contributed by atoms with Gasteiger partial charge in [-0.05, 0) is 43.4 Å². The van der Waals surface area contributed by atoms with Gasteiger partial charge < -0.3 is 35.0 Å². The molecule has 1 heterocycles. The number of phenols is 2. The highest BCUT2D eigenvalue weighted by atomic mass is 16.7. The van der Waals surface area contributed by atoms with Crippen molar-refractivity contribution in [3.8, 4) is 11.5 Å². The third kappa shape index (κ3) is 4.09. The third-order valence-corrected chi connectivity index (χ3v) is 8.02. The molecule has 11 nitrogen and oxygen atoms in total. The summed E-state index contributed by atoms with van der Waals surface area (Å²) in [5.74, 6) is -6.07. The number of benzene rings is 2. The van der Waals surface area contributed by atoms with Gasteiger partial charge in [0.25, 0.3) is 0 Å². The fraction of sp³-hybridized carbons (Fsp3) is 0.429. The molecule has 0 unspecified atom stereocenters. The molecule has 0 aromatic heterocycles. The quantitative estimate of drug-likeness (QED) is 0.355. The van der Waals surface area contributed by atoms with E-state index in [4.69, 9.17) is 9.47 Å². The Kier molecular flexibility index (Phi) is 6.68. The molecule has 0 amide bonds. The molecule has 3 aliphatic rings. The zero-order valence-corrected chi connectivity index (χ0v) is 21.2. The third-order valence-electron chi connectivity index (χ3n) is 8.02. The Morgan fingerprint density at radius 2 is 1.87 bits per heavy atom. The van der Waals surface area contributed by atoms with E-state index in [0.717, 1.165) is 13.0 Å². The lowest BCUT2D eigenvalue weighted by Gasteiger charge is -2.50. The minimum absolute atomic E-state index is 0.00633. The first-order valence-corrected chi connectivity index (χ1v) is 12.5. The van der Waals surface area contributed by atoms with Crippen molar-refractivity contribution < 1.29 is 54.2 Å². The summed E-state index contributed by atoms with van der Waals surface area (Å²) in [7, 11) is 0. The summed E-state index contributed by atoms with van der Waals surface area (Å²) in [6.07, 6.45) is -5.27. The second kappa shape index (κ2) is 9.61. The van der Waals surface area contributed by atoms with E-state index in [1.165, 1.54) is 13.0 Å². The molecule has 1 aliphatic heterocycles. The lowest BCUT2D eigenvalue weighted by molar-refractivity contribution is -0.252. The van der Waals surface area contributed by atoms with Gasteiger partial charge in [0.1, 0.15) is 30.3 Å². The summed E-state index contributed by atoms with van der Waals surface area (Å²) >= 11 is 0. The number of aliphatic hydroxyl groups excluding tert-OH is 3. The SMILES string of the molecule is CC(=O)C1=C[C@]2(O[C@@H]3O[C@@H](C)C(=O)C[C@H]3C(=O)CO)C(=O)c3c(cc4cccc(O)c4c3O)C[C@H]2[C@@H](O)[C@H]1O. The summed E-state index contributed by atoms with van der Waals surface area (Å²) in [6, 6.07) is 6.09. The van der Waals surface area contributed by atoms with E-state index in [-0.39, 0.29) is 35.1 Å². The molecule has 0 spiro atoms. The number of hydrogen-bond acceptors (Lipinski definition) is 11. The fourth-order valence-corrected chi connectivity index (χ4v) is 5.93. The molecule has 2 aromatic carbocycles. The van der Waals surface area contributed by atoms with Crippen molar-refractivity contribution in [2.24, 2.45) is 11.8 Å². The van der Waals surface area contributed by atoms with Gasteiger partial charge in [0.05, 0.1) is 23.0 Å². The van der Waals surface area contributed by atoms with Gasteiger partial charge in [-0.1, -0.05) is 18.2 Å². The Bertz CT molecular complexity index is 1440. The van der Waals surface area contributed by atoms with Gasteiger partial charge in [0, 0.05) is 17.9 Å². The number of carbonyl (C=O) groups is 4. The van der Waals surface area contributed by atoms with E-state index < -0.39 is 77.5 Å². The van der Waals surface area contributed by atoms with Gasteiger partial charge in [-0.15, -0.1) is 0 Å². The lowest BCUT2D eigenvalue weighted by Crippen LogP contribution is -2.63. The van der Waals surface area contributed by atoms with E-state index in [2.05, 4.69) is 0 Å². The van der Waals surface area contributed by atoms with Crippen LogP contribution in [0.5, 0.6) is 11.5 Å². The predicted octanol–water partition coefficient (Wildman–Crippen LogP) is 0.494. The molecule has 206 valence electrons. The Labute approximate surface area is 222 Å². The maximum absolute atomic E-state index is 14.4. The molecule has 11 heteroatoms.